The molecule has 1 aromatic rings. The van der Waals surface area contributed by atoms with Gasteiger partial charge in [-0.2, -0.15) is 0 Å². The summed E-state index contributed by atoms with van der Waals surface area (Å²) in [5.74, 6) is -3.32. The fourth-order valence-electron chi connectivity index (χ4n) is 1.51. The third-order valence-electron chi connectivity index (χ3n) is 2.39. The number of ether oxygens (including phenoxy) is 1. The smallest absolute Gasteiger partial charge is 0.308 e. The number of rotatable bonds is 6. The molecule has 8 nitrogen and oxygen atoms in total. The fraction of sp³-hybridized carbons (Fsp3) is 0.231. The number of esters is 1. The maximum atomic E-state index is 11.9. The summed E-state index contributed by atoms with van der Waals surface area (Å²) < 4.78 is 4.82. The zero-order valence-corrected chi connectivity index (χ0v) is 11.2. The summed E-state index contributed by atoms with van der Waals surface area (Å²) in [7, 11) is 0. The van der Waals surface area contributed by atoms with Gasteiger partial charge in [0.2, 0.25) is 5.91 Å². The summed E-state index contributed by atoms with van der Waals surface area (Å²) in [4.78, 5) is 44.4. The van der Waals surface area contributed by atoms with E-state index in [1.165, 1.54) is 31.2 Å². The van der Waals surface area contributed by atoms with E-state index in [9.17, 15) is 19.2 Å². The molecule has 1 aromatic carbocycles. The van der Waals surface area contributed by atoms with E-state index in [1.807, 2.05) is 0 Å². The Morgan fingerprint density at radius 2 is 2.00 bits per heavy atom. The standard InChI is InChI=1S/C13H14N2O6/c1-7(16)21-9-4-2-3-8(5-9)13(20)15-10(12(14)19)6-11(17)18/h2-5,10H,6H2,1H3,(H2,14,19)(H,15,20)(H,17,18)/t10-/m0/s1. The van der Waals surface area contributed by atoms with Crippen molar-refractivity contribution in [3.63, 3.8) is 0 Å². The molecule has 2 amide bonds. The molecule has 0 fully saturated rings. The molecule has 112 valence electrons. The fourth-order valence-corrected chi connectivity index (χ4v) is 1.51. The highest BCUT2D eigenvalue weighted by Gasteiger charge is 2.22. The number of aliphatic carboxylic acids is 1. The van der Waals surface area contributed by atoms with Crippen molar-refractivity contribution in [2.45, 2.75) is 19.4 Å². The minimum atomic E-state index is -1.33. The molecule has 0 aliphatic carbocycles. The number of hydrogen-bond acceptors (Lipinski definition) is 5. The zero-order chi connectivity index (χ0) is 16.0. The third kappa shape index (κ3) is 5.31. The lowest BCUT2D eigenvalue weighted by molar-refractivity contribution is -0.139. The van der Waals surface area contributed by atoms with E-state index in [4.69, 9.17) is 15.6 Å². The van der Waals surface area contributed by atoms with Crippen LogP contribution in [0, 0.1) is 0 Å². The molecule has 0 saturated heterocycles. The molecular weight excluding hydrogens is 280 g/mol. The average Bonchev–Trinajstić information content (AvgIpc) is 2.36. The monoisotopic (exact) mass is 294 g/mol. The Morgan fingerprint density at radius 1 is 1.33 bits per heavy atom. The van der Waals surface area contributed by atoms with Crippen LogP contribution in [0.5, 0.6) is 5.75 Å². The Hall–Kier alpha value is -2.90. The highest BCUT2D eigenvalue weighted by Crippen LogP contribution is 2.13. The number of nitrogens with two attached hydrogens (primary N) is 1. The van der Waals surface area contributed by atoms with Gasteiger partial charge in [-0.3, -0.25) is 19.2 Å². The van der Waals surface area contributed by atoms with E-state index < -0.39 is 36.2 Å². The SMILES string of the molecule is CC(=O)Oc1cccc(C(=O)N[C@@H](CC(=O)O)C(N)=O)c1. The number of hydrogen-bond donors (Lipinski definition) is 3. The van der Waals surface area contributed by atoms with Crippen LogP contribution < -0.4 is 15.8 Å². The molecule has 0 aliphatic heterocycles. The largest absolute Gasteiger partial charge is 0.481 e. The molecule has 8 heteroatoms. The van der Waals surface area contributed by atoms with Crippen LogP contribution in [0.2, 0.25) is 0 Å². The predicted octanol–water partition coefficient (Wildman–Crippen LogP) is -0.330. The molecule has 0 radical (unpaired) electrons. The average molecular weight is 294 g/mol. The van der Waals surface area contributed by atoms with Crippen LogP contribution in [0.25, 0.3) is 0 Å². The number of amides is 2. The van der Waals surface area contributed by atoms with Crippen LogP contribution in [-0.4, -0.2) is 34.9 Å². The maximum Gasteiger partial charge on any atom is 0.308 e. The van der Waals surface area contributed by atoms with Crippen molar-refractivity contribution in [2.24, 2.45) is 5.73 Å². The number of nitrogens with one attached hydrogen (secondary N) is 1. The normalized spacial score (nSPS) is 11.3. The van der Waals surface area contributed by atoms with E-state index >= 15 is 0 Å². The van der Waals surface area contributed by atoms with Crippen LogP contribution in [-0.2, 0) is 14.4 Å². The van der Waals surface area contributed by atoms with Crippen LogP contribution in [0.3, 0.4) is 0 Å². The number of carboxylic acids is 1. The first kappa shape index (κ1) is 16.2. The first-order chi connectivity index (χ1) is 9.79. The minimum absolute atomic E-state index is 0.102. The van der Waals surface area contributed by atoms with Crippen molar-refractivity contribution in [1.29, 1.82) is 0 Å². The van der Waals surface area contributed by atoms with Gasteiger partial charge >= 0.3 is 11.9 Å². The molecule has 21 heavy (non-hydrogen) atoms. The van der Waals surface area contributed by atoms with Crippen molar-refractivity contribution in [1.82, 2.24) is 5.32 Å². The molecule has 0 unspecified atom stereocenters. The summed E-state index contributed by atoms with van der Waals surface area (Å²) in [6, 6.07) is 4.33. The second-order valence-corrected chi connectivity index (χ2v) is 4.15. The molecule has 0 bridgehead atoms. The van der Waals surface area contributed by atoms with Crippen LogP contribution in [0.1, 0.15) is 23.7 Å². The summed E-state index contributed by atoms with van der Waals surface area (Å²) in [5.41, 5.74) is 5.12. The predicted molar refractivity (Wildman–Crippen MR) is 70.5 cm³/mol. The zero-order valence-electron chi connectivity index (χ0n) is 11.2. The number of primary amides is 1. The topological polar surface area (TPSA) is 136 Å². The Bertz CT molecular complexity index is 584. The van der Waals surface area contributed by atoms with E-state index in [2.05, 4.69) is 5.32 Å². The van der Waals surface area contributed by atoms with Crippen molar-refractivity contribution >= 4 is 23.8 Å². The molecule has 0 heterocycles. The molecular formula is C13H14N2O6. The van der Waals surface area contributed by atoms with Gasteiger partial charge in [-0.15, -0.1) is 0 Å². The summed E-state index contributed by atoms with van der Waals surface area (Å²) >= 11 is 0. The molecule has 0 spiro atoms. The molecule has 1 rings (SSSR count). The van der Waals surface area contributed by atoms with Gasteiger partial charge < -0.3 is 20.9 Å². The maximum absolute atomic E-state index is 11.9. The second-order valence-electron chi connectivity index (χ2n) is 4.15. The van der Waals surface area contributed by atoms with Crippen LogP contribution in [0.4, 0.5) is 0 Å². The van der Waals surface area contributed by atoms with Gasteiger partial charge in [0, 0.05) is 12.5 Å². The summed E-state index contributed by atoms with van der Waals surface area (Å²) in [6.45, 7) is 1.21. The number of carbonyl (C=O) groups is 4. The molecule has 0 aliphatic rings. The molecule has 0 saturated carbocycles. The van der Waals surface area contributed by atoms with E-state index in [-0.39, 0.29) is 11.3 Å². The van der Waals surface area contributed by atoms with E-state index in [1.54, 1.807) is 0 Å². The van der Waals surface area contributed by atoms with Gasteiger partial charge in [-0.05, 0) is 18.2 Å². The Balaban J connectivity index is 2.84. The lowest BCUT2D eigenvalue weighted by atomic mass is 10.1. The van der Waals surface area contributed by atoms with Crippen LogP contribution in [0.15, 0.2) is 24.3 Å². The van der Waals surface area contributed by atoms with Gasteiger partial charge in [0.1, 0.15) is 11.8 Å². The summed E-state index contributed by atoms with van der Waals surface area (Å²) in [5, 5.41) is 10.9. The lowest BCUT2D eigenvalue weighted by Gasteiger charge is -2.13. The minimum Gasteiger partial charge on any atom is -0.481 e. The van der Waals surface area contributed by atoms with Crippen molar-refractivity contribution < 1.29 is 29.0 Å². The molecule has 4 N–H and O–H groups in total. The van der Waals surface area contributed by atoms with Gasteiger partial charge in [0.05, 0.1) is 6.42 Å². The number of benzene rings is 1. The van der Waals surface area contributed by atoms with Gasteiger partial charge in [-0.1, -0.05) is 6.07 Å². The first-order valence-corrected chi connectivity index (χ1v) is 5.90. The van der Waals surface area contributed by atoms with Gasteiger partial charge in [-0.25, -0.2) is 0 Å². The lowest BCUT2D eigenvalue weighted by Crippen LogP contribution is -2.45. The molecule has 1 atom stereocenters. The first-order valence-electron chi connectivity index (χ1n) is 5.90. The molecule has 0 aromatic heterocycles. The van der Waals surface area contributed by atoms with E-state index in [0.29, 0.717) is 0 Å². The highest BCUT2D eigenvalue weighted by atomic mass is 16.5. The Kier molecular flexibility index (Phi) is 5.41. The van der Waals surface area contributed by atoms with Gasteiger partial charge in [0.15, 0.2) is 0 Å². The Morgan fingerprint density at radius 3 is 2.52 bits per heavy atom. The quantitative estimate of drug-likeness (QED) is 0.485. The highest BCUT2D eigenvalue weighted by molar-refractivity contribution is 5.98. The van der Waals surface area contributed by atoms with E-state index in [0.717, 1.165) is 0 Å². The second kappa shape index (κ2) is 7.04. The summed E-state index contributed by atoms with van der Waals surface area (Å²) in [6.07, 6.45) is -0.620. The van der Waals surface area contributed by atoms with Crippen molar-refractivity contribution in [2.75, 3.05) is 0 Å². The van der Waals surface area contributed by atoms with Crippen LogP contribution >= 0.6 is 0 Å². The number of carboxylic acid groups (broad SMARTS) is 1. The van der Waals surface area contributed by atoms with Crippen molar-refractivity contribution in [3.8, 4) is 5.75 Å². The third-order valence-corrected chi connectivity index (χ3v) is 2.39. The van der Waals surface area contributed by atoms with Gasteiger partial charge in [0.25, 0.3) is 5.91 Å². The Labute approximate surface area is 119 Å². The van der Waals surface area contributed by atoms with Crippen molar-refractivity contribution in [3.05, 3.63) is 29.8 Å². The number of carbonyl (C=O) groups excluding carboxylic acids is 3.